The standard InChI is InChI=1S/C14H21ClO3.C7H7ClO/c1-4-16-14(17-5-2)8-9-18-12-7-6-11(3)13(15)10-12;1-5-2-3-6(9)4-7(5)8/h6-7,10,14H,4-5,8-9H2,1-3H3;2-4,9H,1H3. The van der Waals surface area contributed by atoms with Gasteiger partial charge in [-0.15, -0.1) is 0 Å². The van der Waals surface area contributed by atoms with E-state index in [1.54, 1.807) is 12.1 Å². The fraction of sp³-hybridized carbons (Fsp3) is 0.429. The Morgan fingerprint density at radius 2 is 1.44 bits per heavy atom. The highest BCUT2D eigenvalue weighted by molar-refractivity contribution is 6.31. The van der Waals surface area contributed by atoms with Gasteiger partial charge in [-0.2, -0.15) is 0 Å². The molecular formula is C21H28Cl2O4. The summed E-state index contributed by atoms with van der Waals surface area (Å²) in [6.07, 6.45) is 0.508. The summed E-state index contributed by atoms with van der Waals surface area (Å²) >= 11 is 11.7. The Morgan fingerprint density at radius 3 is 1.93 bits per heavy atom. The minimum absolute atomic E-state index is 0.194. The lowest BCUT2D eigenvalue weighted by atomic mass is 10.2. The highest BCUT2D eigenvalue weighted by Gasteiger charge is 2.08. The zero-order valence-corrected chi connectivity index (χ0v) is 17.8. The lowest BCUT2D eigenvalue weighted by molar-refractivity contribution is -0.142. The molecule has 0 amide bonds. The molecule has 0 aliphatic heterocycles. The fourth-order valence-corrected chi connectivity index (χ4v) is 2.45. The van der Waals surface area contributed by atoms with E-state index in [1.807, 2.05) is 45.9 Å². The van der Waals surface area contributed by atoms with Gasteiger partial charge in [0.1, 0.15) is 11.5 Å². The number of halogens is 2. The van der Waals surface area contributed by atoms with E-state index in [-0.39, 0.29) is 12.0 Å². The summed E-state index contributed by atoms with van der Waals surface area (Å²) in [5.74, 6) is 0.989. The molecule has 2 rings (SSSR count). The molecule has 0 saturated carbocycles. The average Bonchev–Trinajstić information content (AvgIpc) is 2.62. The van der Waals surface area contributed by atoms with Crippen LogP contribution in [0.25, 0.3) is 0 Å². The second-order valence-corrected chi connectivity index (χ2v) is 6.64. The Kier molecular flexibility index (Phi) is 11.2. The van der Waals surface area contributed by atoms with Crippen LogP contribution in [-0.4, -0.2) is 31.2 Å². The van der Waals surface area contributed by atoms with Crippen molar-refractivity contribution < 1.29 is 19.3 Å². The monoisotopic (exact) mass is 414 g/mol. The van der Waals surface area contributed by atoms with Gasteiger partial charge in [0.15, 0.2) is 6.29 Å². The van der Waals surface area contributed by atoms with Gasteiger partial charge in [-0.1, -0.05) is 35.3 Å². The first kappa shape index (κ1) is 23.6. The van der Waals surface area contributed by atoms with Gasteiger partial charge in [0.2, 0.25) is 0 Å². The number of hydrogen-bond donors (Lipinski definition) is 1. The summed E-state index contributed by atoms with van der Waals surface area (Å²) in [5, 5.41) is 10.2. The van der Waals surface area contributed by atoms with Crippen molar-refractivity contribution in [3.8, 4) is 11.5 Å². The number of benzene rings is 2. The predicted octanol–water partition coefficient (Wildman–Crippen LogP) is 6.17. The number of aromatic hydroxyl groups is 1. The number of phenolic OH excluding ortho intramolecular Hbond substituents is 1. The molecule has 0 atom stereocenters. The maximum absolute atomic E-state index is 8.85. The zero-order chi connectivity index (χ0) is 20.2. The van der Waals surface area contributed by atoms with Gasteiger partial charge in [-0.3, -0.25) is 0 Å². The van der Waals surface area contributed by atoms with Crippen molar-refractivity contribution in [3.63, 3.8) is 0 Å². The van der Waals surface area contributed by atoms with Crippen LogP contribution in [0.5, 0.6) is 11.5 Å². The molecule has 0 unspecified atom stereocenters. The summed E-state index contributed by atoms with van der Waals surface area (Å²) in [5.41, 5.74) is 2.03. The van der Waals surface area contributed by atoms with Crippen LogP contribution in [0.3, 0.4) is 0 Å². The quantitative estimate of drug-likeness (QED) is 0.524. The van der Waals surface area contributed by atoms with E-state index in [1.165, 1.54) is 6.07 Å². The van der Waals surface area contributed by atoms with Gasteiger partial charge in [0.05, 0.1) is 6.61 Å². The highest BCUT2D eigenvalue weighted by Crippen LogP contribution is 2.22. The molecule has 0 heterocycles. The third kappa shape index (κ3) is 9.34. The third-order valence-corrected chi connectivity index (χ3v) is 4.44. The van der Waals surface area contributed by atoms with E-state index in [0.717, 1.165) is 21.9 Å². The van der Waals surface area contributed by atoms with Gasteiger partial charge in [0, 0.05) is 29.7 Å². The molecule has 0 aliphatic rings. The predicted molar refractivity (Wildman–Crippen MR) is 111 cm³/mol. The van der Waals surface area contributed by atoms with Crippen molar-refractivity contribution >= 4 is 23.2 Å². The van der Waals surface area contributed by atoms with E-state index in [0.29, 0.717) is 31.3 Å². The molecule has 27 heavy (non-hydrogen) atoms. The number of rotatable bonds is 8. The summed E-state index contributed by atoms with van der Waals surface area (Å²) < 4.78 is 16.5. The maximum Gasteiger partial charge on any atom is 0.160 e. The van der Waals surface area contributed by atoms with Crippen LogP contribution < -0.4 is 4.74 Å². The third-order valence-electron chi connectivity index (χ3n) is 3.63. The number of aryl methyl sites for hydroxylation is 2. The molecule has 0 radical (unpaired) electrons. The van der Waals surface area contributed by atoms with Crippen molar-refractivity contribution in [1.29, 1.82) is 0 Å². The van der Waals surface area contributed by atoms with Crippen LogP contribution in [0.2, 0.25) is 10.0 Å². The topological polar surface area (TPSA) is 47.9 Å². The number of ether oxygens (including phenoxy) is 3. The summed E-state index contributed by atoms with van der Waals surface area (Å²) in [6, 6.07) is 10.6. The van der Waals surface area contributed by atoms with Gasteiger partial charge in [-0.05, 0) is 63.1 Å². The SMILES string of the molecule is CCOC(CCOc1ccc(C)c(Cl)c1)OCC.Cc1ccc(O)cc1Cl. The molecule has 150 valence electrons. The van der Waals surface area contributed by atoms with Crippen molar-refractivity contribution in [3.05, 3.63) is 57.6 Å². The molecule has 0 saturated heterocycles. The highest BCUT2D eigenvalue weighted by atomic mass is 35.5. The summed E-state index contributed by atoms with van der Waals surface area (Å²) in [7, 11) is 0. The molecular weight excluding hydrogens is 387 g/mol. The van der Waals surface area contributed by atoms with Crippen LogP contribution in [0.1, 0.15) is 31.4 Å². The second-order valence-electron chi connectivity index (χ2n) is 5.82. The normalized spacial score (nSPS) is 10.5. The molecule has 2 aromatic rings. The van der Waals surface area contributed by atoms with E-state index >= 15 is 0 Å². The Hall–Kier alpha value is -1.46. The molecule has 6 heteroatoms. The Balaban J connectivity index is 0.000000337. The van der Waals surface area contributed by atoms with E-state index in [9.17, 15) is 0 Å². The minimum Gasteiger partial charge on any atom is -0.508 e. The minimum atomic E-state index is -0.194. The Labute approximate surface area is 172 Å². The van der Waals surface area contributed by atoms with Crippen LogP contribution in [0, 0.1) is 13.8 Å². The van der Waals surface area contributed by atoms with Crippen molar-refractivity contribution in [2.45, 2.75) is 40.4 Å². The molecule has 0 aliphatic carbocycles. The molecule has 0 fully saturated rings. The smallest absolute Gasteiger partial charge is 0.160 e. The van der Waals surface area contributed by atoms with Crippen LogP contribution in [0.4, 0.5) is 0 Å². The Bertz CT molecular complexity index is 686. The van der Waals surface area contributed by atoms with Crippen molar-refractivity contribution in [2.24, 2.45) is 0 Å². The van der Waals surface area contributed by atoms with E-state index < -0.39 is 0 Å². The first-order chi connectivity index (χ1) is 12.9. The summed E-state index contributed by atoms with van der Waals surface area (Å²) in [6.45, 7) is 9.58. The average molecular weight is 415 g/mol. The molecule has 0 bridgehead atoms. The fourth-order valence-electron chi connectivity index (χ4n) is 2.10. The molecule has 1 N–H and O–H groups in total. The largest absolute Gasteiger partial charge is 0.508 e. The van der Waals surface area contributed by atoms with Gasteiger partial charge in [0.25, 0.3) is 0 Å². The van der Waals surface area contributed by atoms with Crippen LogP contribution in [0.15, 0.2) is 36.4 Å². The van der Waals surface area contributed by atoms with Crippen LogP contribution >= 0.6 is 23.2 Å². The van der Waals surface area contributed by atoms with Crippen LogP contribution in [-0.2, 0) is 9.47 Å². The maximum atomic E-state index is 8.85. The zero-order valence-electron chi connectivity index (χ0n) is 16.3. The number of phenols is 1. The summed E-state index contributed by atoms with van der Waals surface area (Å²) in [4.78, 5) is 0. The first-order valence-corrected chi connectivity index (χ1v) is 9.70. The second kappa shape index (κ2) is 12.8. The van der Waals surface area contributed by atoms with Gasteiger partial charge >= 0.3 is 0 Å². The molecule has 2 aromatic carbocycles. The van der Waals surface area contributed by atoms with E-state index in [4.69, 9.17) is 42.5 Å². The lowest BCUT2D eigenvalue weighted by Gasteiger charge is -2.17. The van der Waals surface area contributed by atoms with Gasteiger partial charge < -0.3 is 19.3 Å². The molecule has 4 nitrogen and oxygen atoms in total. The van der Waals surface area contributed by atoms with E-state index in [2.05, 4.69) is 0 Å². The van der Waals surface area contributed by atoms with Crippen molar-refractivity contribution in [2.75, 3.05) is 19.8 Å². The van der Waals surface area contributed by atoms with Crippen molar-refractivity contribution in [1.82, 2.24) is 0 Å². The number of hydrogen-bond acceptors (Lipinski definition) is 4. The molecule has 0 spiro atoms. The first-order valence-electron chi connectivity index (χ1n) is 8.94. The molecule has 0 aromatic heterocycles. The lowest BCUT2D eigenvalue weighted by Crippen LogP contribution is -2.20. The Morgan fingerprint density at radius 1 is 0.889 bits per heavy atom. The van der Waals surface area contributed by atoms with Gasteiger partial charge in [-0.25, -0.2) is 0 Å².